The van der Waals surface area contributed by atoms with E-state index in [9.17, 15) is 9.59 Å². The zero-order valence-electron chi connectivity index (χ0n) is 14.2. The second kappa shape index (κ2) is 7.79. The summed E-state index contributed by atoms with van der Waals surface area (Å²) >= 11 is 1.44. The minimum absolute atomic E-state index is 0.223. The van der Waals surface area contributed by atoms with Crippen molar-refractivity contribution in [2.24, 2.45) is 5.73 Å². The highest BCUT2D eigenvalue weighted by Crippen LogP contribution is 2.24. The van der Waals surface area contributed by atoms with E-state index in [1.807, 2.05) is 43.3 Å². The van der Waals surface area contributed by atoms with Gasteiger partial charge in [-0.1, -0.05) is 42.0 Å². The summed E-state index contributed by atoms with van der Waals surface area (Å²) in [5.41, 5.74) is 9.15. The molecule has 0 atom stereocenters. The number of aryl methyl sites for hydroxylation is 1. The lowest BCUT2D eigenvalue weighted by molar-refractivity contribution is 0.0946. The predicted molar refractivity (Wildman–Crippen MR) is 103 cm³/mol. The lowest BCUT2D eigenvalue weighted by atomic mass is 10.2. The first-order chi connectivity index (χ1) is 12.5. The third-order valence-corrected chi connectivity index (χ3v) is 4.60. The molecule has 0 aliphatic rings. The minimum Gasteiger partial charge on any atom is -0.351 e. The Kier molecular flexibility index (Phi) is 5.28. The van der Waals surface area contributed by atoms with Crippen molar-refractivity contribution in [2.45, 2.75) is 13.5 Å². The topological polar surface area (TPSA) is 97.1 Å². The van der Waals surface area contributed by atoms with Crippen LogP contribution in [0.1, 0.15) is 21.6 Å². The van der Waals surface area contributed by atoms with Gasteiger partial charge >= 0.3 is 6.03 Å². The van der Waals surface area contributed by atoms with Gasteiger partial charge in [-0.05, 0) is 24.6 Å². The molecule has 0 radical (unpaired) electrons. The van der Waals surface area contributed by atoms with Crippen molar-refractivity contribution in [3.63, 3.8) is 0 Å². The van der Waals surface area contributed by atoms with E-state index in [1.54, 1.807) is 17.5 Å². The average molecular weight is 366 g/mol. The van der Waals surface area contributed by atoms with Crippen LogP contribution in [0.15, 0.2) is 53.9 Å². The van der Waals surface area contributed by atoms with Crippen LogP contribution >= 0.6 is 11.3 Å². The van der Waals surface area contributed by atoms with Gasteiger partial charge in [0.1, 0.15) is 10.7 Å². The number of primary amides is 1. The number of hydrogen-bond acceptors (Lipinski definition) is 4. The summed E-state index contributed by atoms with van der Waals surface area (Å²) in [5, 5.41) is 7.90. The number of rotatable bonds is 5. The maximum absolute atomic E-state index is 12.3. The van der Waals surface area contributed by atoms with E-state index in [2.05, 4.69) is 15.6 Å². The molecule has 1 aromatic heterocycles. The number of nitrogens with zero attached hydrogens (tertiary/aromatic N) is 1. The largest absolute Gasteiger partial charge is 0.351 e. The number of anilines is 1. The fourth-order valence-electron chi connectivity index (χ4n) is 2.33. The number of nitrogens with two attached hydrogens (primary N) is 1. The molecule has 3 rings (SSSR count). The van der Waals surface area contributed by atoms with Crippen molar-refractivity contribution >= 4 is 29.0 Å². The van der Waals surface area contributed by atoms with Gasteiger partial charge in [0.15, 0.2) is 0 Å². The predicted octanol–water partition coefficient (Wildman–Crippen LogP) is 3.54. The van der Waals surface area contributed by atoms with Crippen molar-refractivity contribution in [1.82, 2.24) is 10.3 Å². The molecule has 0 aliphatic heterocycles. The molecule has 0 bridgehead atoms. The lowest BCUT2D eigenvalue weighted by Gasteiger charge is -2.05. The molecular formula is C19H18N4O2S. The van der Waals surface area contributed by atoms with Crippen LogP contribution in [0.4, 0.5) is 10.5 Å². The van der Waals surface area contributed by atoms with E-state index in [4.69, 9.17) is 5.73 Å². The van der Waals surface area contributed by atoms with E-state index in [0.29, 0.717) is 17.9 Å². The van der Waals surface area contributed by atoms with Crippen molar-refractivity contribution in [2.75, 3.05) is 5.32 Å². The standard InChI is InChI=1S/C19H18N4O2S/c1-12-2-6-14(7-3-12)18-23-16(11-26-18)17(24)21-10-13-4-8-15(9-5-13)22-19(20)25/h2-9,11H,10H2,1H3,(H,21,24)(H3,20,22,25). The first kappa shape index (κ1) is 17.6. The molecule has 0 fully saturated rings. The minimum atomic E-state index is -0.612. The van der Waals surface area contributed by atoms with Crippen LogP contribution in [-0.2, 0) is 6.54 Å². The summed E-state index contributed by atoms with van der Waals surface area (Å²) in [7, 11) is 0. The van der Waals surface area contributed by atoms with Crippen LogP contribution < -0.4 is 16.4 Å². The molecule has 0 saturated carbocycles. The fraction of sp³-hybridized carbons (Fsp3) is 0.105. The molecule has 3 aromatic rings. The first-order valence-electron chi connectivity index (χ1n) is 7.97. The SMILES string of the molecule is Cc1ccc(-c2nc(C(=O)NCc3ccc(NC(N)=O)cc3)cs2)cc1. The zero-order valence-corrected chi connectivity index (χ0v) is 15.0. The normalized spacial score (nSPS) is 10.3. The molecule has 6 nitrogen and oxygen atoms in total. The van der Waals surface area contributed by atoms with Crippen LogP contribution in [0.5, 0.6) is 0 Å². The van der Waals surface area contributed by atoms with E-state index in [0.717, 1.165) is 16.1 Å². The van der Waals surface area contributed by atoms with Crippen molar-refractivity contribution in [3.8, 4) is 10.6 Å². The second-order valence-corrected chi connectivity index (χ2v) is 6.63. The lowest BCUT2D eigenvalue weighted by Crippen LogP contribution is -2.23. The van der Waals surface area contributed by atoms with Gasteiger partial charge in [0.2, 0.25) is 0 Å². The maximum Gasteiger partial charge on any atom is 0.316 e. The first-order valence-corrected chi connectivity index (χ1v) is 8.85. The zero-order chi connectivity index (χ0) is 18.5. The van der Waals surface area contributed by atoms with Gasteiger partial charge in [-0.15, -0.1) is 11.3 Å². The number of nitrogens with one attached hydrogen (secondary N) is 2. The summed E-state index contributed by atoms with van der Waals surface area (Å²) in [5.74, 6) is -0.223. The summed E-state index contributed by atoms with van der Waals surface area (Å²) in [4.78, 5) is 27.5. The molecule has 7 heteroatoms. The van der Waals surface area contributed by atoms with E-state index in [1.165, 1.54) is 16.9 Å². The summed E-state index contributed by atoms with van der Waals surface area (Å²) in [6.07, 6.45) is 0. The Hall–Kier alpha value is -3.19. The number of hydrogen-bond donors (Lipinski definition) is 3. The molecule has 1 heterocycles. The van der Waals surface area contributed by atoms with Crippen LogP contribution in [-0.4, -0.2) is 16.9 Å². The molecule has 0 aliphatic carbocycles. The number of amides is 3. The van der Waals surface area contributed by atoms with E-state index in [-0.39, 0.29) is 5.91 Å². The van der Waals surface area contributed by atoms with Gasteiger partial charge in [0.05, 0.1) is 0 Å². The van der Waals surface area contributed by atoms with Crippen LogP contribution in [0.25, 0.3) is 10.6 Å². The molecule has 3 amide bonds. The Morgan fingerprint density at radius 3 is 2.42 bits per heavy atom. The van der Waals surface area contributed by atoms with Gasteiger partial charge in [0.25, 0.3) is 5.91 Å². The summed E-state index contributed by atoms with van der Waals surface area (Å²) in [6.45, 7) is 2.40. The highest BCUT2D eigenvalue weighted by Gasteiger charge is 2.11. The van der Waals surface area contributed by atoms with Gasteiger partial charge in [-0.25, -0.2) is 9.78 Å². The highest BCUT2D eigenvalue weighted by molar-refractivity contribution is 7.13. The molecule has 2 aromatic carbocycles. The monoisotopic (exact) mass is 366 g/mol. The Labute approximate surface area is 155 Å². The smallest absolute Gasteiger partial charge is 0.316 e. The number of carbonyl (C=O) groups is 2. The molecule has 0 unspecified atom stereocenters. The molecular weight excluding hydrogens is 348 g/mol. The number of carbonyl (C=O) groups excluding carboxylic acids is 2. The second-order valence-electron chi connectivity index (χ2n) is 5.77. The third-order valence-electron chi connectivity index (χ3n) is 3.71. The third kappa shape index (κ3) is 4.46. The van der Waals surface area contributed by atoms with E-state index < -0.39 is 6.03 Å². The Morgan fingerprint density at radius 1 is 1.08 bits per heavy atom. The van der Waals surface area contributed by atoms with Crippen molar-refractivity contribution in [3.05, 3.63) is 70.7 Å². The maximum atomic E-state index is 12.3. The Bertz CT molecular complexity index is 917. The van der Waals surface area contributed by atoms with Gasteiger partial charge in [-0.2, -0.15) is 0 Å². The average Bonchev–Trinajstić information content (AvgIpc) is 3.11. The molecule has 26 heavy (non-hydrogen) atoms. The van der Waals surface area contributed by atoms with Crippen molar-refractivity contribution in [1.29, 1.82) is 0 Å². The van der Waals surface area contributed by atoms with Crippen LogP contribution in [0.3, 0.4) is 0 Å². The van der Waals surface area contributed by atoms with Crippen molar-refractivity contribution < 1.29 is 9.59 Å². The van der Waals surface area contributed by atoms with Gasteiger partial charge in [0, 0.05) is 23.2 Å². The van der Waals surface area contributed by atoms with Crippen LogP contribution in [0.2, 0.25) is 0 Å². The van der Waals surface area contributed by atoms with Crippen LogP contribution in [0, 0.1) is 6.92 Å². The number of benzene rings is 2. The number of thiazole rings is 1. The molecule has 0 spiro atoms. The highest BCUT2D eigenvalue weighted by atomic mass is 32.1. The number of urea groups is 1. The molecule has 4 N–H and O–H groups in total. The summed E-state index contributed by atoms with van der Waals surface area (Å²) in [6, 6.07) is 14.5. The number of aromatic nitrogens is 1. The quantitative estimate of drug-likeness (QED) is 0.644. The molecule has 0 saturated heterocycles. The Balaban J connectivity index is 1.60. The van der Waals surface area contributed by atoms with Gasteiger partial charge < -0.3 is 16.4 Å². The van der Waals surface area contributed by atoms with Gasteiger partial charge in [-0.3, -0.25) is 4.79 Å². The summed E-state index contributed by atoms with van der Waals surface area (Å²) < 4.78 is 0. The van der Waals surface area contributed by atoms with E-state index >= 15 is 0 Å². The Morgan fingerprint density at radius 2 is 1.77 bits per heavy atom. The fourth-order valence-corrected chi connectivity index (χ4v) is 3.13. The molecule has 132 valence electrons.